The minimum absolute atomic E-state index is 0. The maximum atomic E-state index is 13.5. The van der Waals surface area contributed by atoms with Crippen LogP contribution in [0.25, 0.3) is 0 Å². The molecule has 1 aliphatic heterocycles. The largest absolute Gasteiger partial charge is 0.497 e. The number of ether oxygens (including phenoxy) is 3. The zero-order chi connectivity index (χ0) is 27.0. The van der Waals surface area contributed by atoms with Crippen LogP contribution in [0.2, 0.25) is 0 Å². The zero-order valence-corrected chi connectivity index (χ0v) is 23.2. The van der Waals surface area contributed by atoms with E-state index in [1.54, 1.807) is 13.2 Å². The number of methoxy groups -OCH3 is 1. The van der Waals surface area contributed by atoms with Gasteiger partial charge in [-0.25, -0.2) is 4.79 Å². The van der Waals surface area contributed by atoms with Gasteiger partial charge in [0.15, 0.2) is 0 Å². The summed E-state index contributed by atoms with van der Waals surface area (Å²) in [5.74, 6) is 1.51. The highest BCUT2D eigenvalue weighted by Gasteiger charge is 2.30. The molecule has 0 N–H and O–H groups in total. The quantitative estimate of drug-likeness (QED) is 0.376. The Balaban J connectivity index is 0.00000507. The van der Waals surface area contributed by atoms with Gasteiger partial charge < -0.3 is 19.1 Å². The normalized spacial score (nSPS) is 15.3. The topological polar surface area (TPSA) is 68.3 Å². The van der Waals surface area contributed by atoms with E-state index in [9.17, 15) is 9.59 Å². The standard InChI is InChI=1S/C30H42N2O5.CH4/c1-7-22-11-9-12-23(17-22)24-13-10-16-31(19-24)28(33)21-32(29(34)37-30(3,4)5)20-25-14-15-26(35-6)18-27(25)36-8-2;/h9,11-12,14-15,17-18,24H,7-8,10,13,16,19-21H2,1-6H3;1H4. The number of amides is 2. The molecule has 0 bridgehead atoms. The van der Waals surface area contributed by atoms with Crippen molar-refractivity contribution in [2.45, 2.75) is 79.4 Å². The number of hydrogen-bond acceptors (Lipinski definition) is 5. The highest BCUT2D eigenvalue weighted by molar-refractivity contribution is 5.82. The van der Waals surface area contributed by atoms with Crippen LogP contribution < -0.4 is 9.47 Å². The lowest BCUT2D eigenvalue weighted by Crippen LogP contribution is -2.47. The van der Waals surface area contributed by atoms with E-state index in [4.69, 9.17) is 14.2 Å². The molecular weight excluding hydrogens is 480 g/mol. The summed E-state index contributed by atoms with van der Waals surface area (Å²) in [6.07, 6.45) is 2.45. The van der Waals surface area contributed by atoms with Crippen molar-refractivity contribution in [1.82, 2.24) is 9.80 Å². The van der Waals surface area contributed by atoms with E-state index in [2.05, 4.69) is 31.2 Å². The van der Waals surface area contributed by atoms with E-state index in [0.717, 1.165) is 24.8 Å². The number of nitrogens with zero attached hydrogens (tertiary/aromatic N) is 2. The fourth-order valence-corrected chi connectivity index (χ4v) is 4.61. The Kier molecular flexibility index (Phi) is 11.5. The summed E-state index contributed by atoms with van der Waals surface area (Å²) < 4.78 is 16.8. The molecule has 1 atom stereocenters. The van der Waals surface area contributed by atoms with Crippen LogP contribution in [0.15, 0.2) is 42.5 Å². The van der Waals surface area contributed by atoms with Crippen molar-refractivity contribution < 1.29 is 23.8 Å². The number of piperidine rings is 1. The van der Waals surface area contributed by atoms with Gasteiger partial charge in [0.25, 0.3) is 0 Å². The SMILES string of the molecule is C.CCOc1cc(OC)ccc1CN(CC(=O)N1CCCC(c2cccc(CC)c2)C1)C(=O)OC(C)(C)C. The third kappa shape index (κ3) is 8.67. The number of likely N-dealkylation sites (tertiary alicyclic amines) is 1. The molecule has 1 saturated heterocycles. The number of benzene rings is 2. The highest BCUT2D eigenvalue weighted by Crippen LogP contribution is 2.29. The highest BCUT2D eigenvalue weighted by atomic mass is 16.6. The average molecular weight is 527 g/mol. The van der Waals surface area contributed by atoms with Gasteiger partial charge >= 0.3 is 6.09 Å². The van der Waals surface area contributed by atoms with Crippen molar-refractivity contribution >= 4 is 12.0 Å². The zero-order valence-electron chi connectivity index (χ0n) is 23.2. The van der Waals surface area contributed by atoms with E-state index >= 15 is 0 Å². The second kappa shape index (κ2) is 14.1. The molecule has 0 spiro atoms. The maximum Gasteiger partial charge on any atom is 0.411 e. The van der Waals surface area contributed by atoms with Crippen LogP contribution >= 0.6 is 0 Å². The molecule has 7 nitrogen and oxygen atoms in total. The Morgan fingerprint density at radius 3 is 2.53 bits per heavy atom. The molecule has 210 valence electrons. The van der Waals surface area contributed by atoms with Gasteiger partial charge in [0.05, 0.1) is 20.3 Å². The molecule has 38 heavy (non-hydrogen) atoms. The lowest BCUT2D eigenvalue weighted by molar-refractivity contribution is -0.133. The van der Waals surface area contributed by atoms with E-state index in [1.807, 2.05) is 44.7 Å². The summed E-state index contributed by atoms with van der Waals surface area (Å²) in [7, 11) is 1.60. The molecule has 3 rings (SSSR count). The molecule has 0 radical (unpaired) electrons. The summed E-state index contributed by atoms with van der Waals surface area (Å²) in [6, 6.07) is 14.1. The number of carbonyl (C=O) groups excluding carboxylic acids is 2. The molecule has 1 aliphatic rings. The second-order valence-corrected chi connectivity index (χ2v) is 10.5. The molecule has 1 heterocycles. The Morgan fingerprint density at radius 1 is 1.11 bits per heavy atom. The van der Waals surface area contributed by atoms with Crippen LogP contribution in [0.5, 0.6) is 11.5 Å². The number of rotatable bonds is 9. The van der Waals surface area contributed by atoms with Crippen LogP contribution in [-0.2, 0) is 22.5 Å². The van der Waals surface area contributed by atoms with Crippen molar-refractivity contribution in [1.29, 1.82) is 0 Å². The summed E-state index contributed by atoms with van der Waals surface area (Å²) in [6.45, 7) is 11.5. The fraction of sp³-hybridized carbons (Fsp3) is 0.548. The number of hydrogen-bond donors (Lipinski definition) is 0. The molecule has 0 aromatic heterocycles. The van der Waals surface area contributed by atoms with Crippen LogP contribution in [0, 0.1) is 0 Å². The molecule has 1 unspecified atom stereocenters. The third-order valence-corrected chi connectivity index (χ3v) is 6.52. The van der Waals surface area contributed by atoms with Gasteiger partial charge in [-0.2, -0.15) is 0 Å². The number of aryl methyl sites for hydroxylation is 1. The lowest BCUT2D eigenvalue weighted by Gasteiger charge is -2.35. The lowest BCUT2D eigenvalue weighted by atomic mass is 9.89. The molecule has 2 aromatic carbocycles. The van der Waals surface area contributed by atoms with E-state index in [0.29, 0.717) is 37.1 Å². The van der Waals surface area contributed by atoms with Gasteiger partial charge in [0, 0.05) is 30.6 Å². The predicted octanol–water partition coefficient (Wildman–Crippen LogP) is 6.44. The molecule has 0 aliphatic carbocycles. The van der Waals surface area contributed by atoms with Crippen molar-refractivity contribution in [3.63, 3.8) is 0 Å². The van der Waals surface area contributed by atoms with Gasteiger partial charge in [0.2, 0.25) is 5.91 Å². The van der Waals surface area contributed by atoms with Crippen LogP contribution in [0.3, 0.4) is 0 Å². The third-order valence-electron chi connectivity index (χ3n) is 6.52. The van der Waals surface area contributed by atoms with E-state index in [-0.39, 0.29) is 26.4 Å². The first-order chi connectivity index (χ1) is 17.6. The van der Waals surface area contributed by atoms with Gasteiger partial charge in [-0.15, -0.1) is 0 Å². The first kappa shape index (κ1) is 31.0. The first-order valence-electron chi connectivity index (χ1n) is 13.3. The van der Waals surface area contributed by atoms with Gasteiger partial charge in [-0.1, -0.05) is 38.6 Å². The smallest absolute Gasteiger partial charge is 0.411 e. The molecule has 0 saturated carbocycles. The predicted molar refractivity (Wildman–Crippen MR) is 152 cm³/mol. The molecule has 2 amide bonds. The minimum Gasteiger partial charge on any atom is -0.497 e. The fourth-order valence-electron chi connectivity index (χ4n) is 4.61. The van der Waals surface area contributed by atoms with E-state index in [1.165, 1.54) is 16.0 Å². The van der Waals surface area contributed by atoms with Gasteiger partial charge in [0.1, 0.15) is 23.6 Å². The first-order valence-corrected chi connectivity index (χ1v) is 13.3. The Bertz CT molecular complexity index is 1060. The summed E-state index contributed by atoms with van der Waals surface area (Å²) in [4.78, 5) is 30.1. The molecular formula is C31H46N2O5. The summed E-state index contributed by atoms with van der Waals surface area (Å²) >= 11 is 0. The van der Waals surface area contributed by atoms with Gasteiger partial charge in [-0.05, 0) is 70.2 Å². The summed E-state index contributed by atoms with van der Waals surface area (Å²) in [5, 5.41) is 0. The Hall–Kier alpha value is -3.22. The second-order valence-electron chi connectivity index (χ2n) is 10.5. The van der Waals surface area contributed by atoms with Crippen LogP contribution in [0.4, 0.5) is 4.79 Å². The van der Waals surface area contributed by atoms with Gasteiger partial charge in [-0.3, -0.25) is 9.69 Å². The Morgan fingerprint density at radius 2 is 1.87 bits per heavy atom. The van der Waals surface area contributed by atoms with E-state index < -0.39 is 11.7 Å². The van der Waals surface area contributed by atoms with Crippen LogP contribution in [-0.4, -0.2) is 60.8 Å². The van der Waals surface area contributed by atoms with Crippen molar-refractivity contribution in [3.8, 4) is 11.5 Å². The molecule has 2 aromatic rings. The maximum absolute atomic E-state index is 13.5. The van der Waals surface area contributed by atoms with Crippen LogP contribution in [0.1, 0.15) is 77.5 Å². The average Bonchev–Trinajstić information content (AvgIpc) is 2.88. The van der Waals surface area contributed by atoms with Crippen molar-refractivity contribution in [2.24, 2.45) is 0 Å². The molecule has 1 fully saturated rings. The number of carbonyl (C=O) groups is 2. The minimum atomic E-state index is -0.679. The van der Waals surface area contributed by atoms with Crippen molar-refractivity contribution in [2.75, 3.05) is 33.4 Å². The summed E-state index contributed by atoms with van der Waals surface area (Å²) in [5.41, 5.74) is 2.69. The Labute approximate surface area is 229 Å². The monoisotopic (exact) mass is 526 g/mol. The molecule has 7 heteroatoms. The van der Waals surface area contributed by atoms with Crippen molar-refractivity contribution in [3.05, 3.63) is 59.2 Å².